The summed E-state index contributed by atoms with van der Waals surface area (Å²) in [7, 11) is -0.659. The van der Waals surface area contributed by atoms with E-state index in [0.29, 0.717) is 22.9 Å². The number of carbonyl (C=O) groups excluding carboxylic acids is 1. The van der Waals surface area contributed by atoms with Gasteiger partial charge < -0.3 is 14.8 Å². The fraction of sp³-hybridized carbons (Fsp3) is 0.208. The van der Waals surface area contributed by atoms with Gasteiger partial charge >= 0.3 is 0 Å². The number of amides is 1. The van der Waals surface area contributed by atoms with Crippen molar-refractivity contribution in [2.75, 3.05) is 24.3 Å². The molecule has 32 heavy (non-hydrogen) atoms. The van der Waals surface area contributed by atoms with Crippen LogP contribution in [0, 0.1) is 13.8 Å². The smallest absolute Gasteiger partial charge is 0.261 e. The number of hydrogen-bond donors (Lipinski definition) is 2. The summed E-state index contributed by atoms with van der Waals surface area (Å²) in [6, 6.07) is 16.7. The molecule has 0 saturated heterocycles. The molecule has 0 heterocycles. The molecule has 0 bridgehead atoms. The summed E-state index contributed by atoms with van der Waals surface area (Å²) in [6.07, 6.45) is 0.134. The molecule has 0 atom stereocenters. The molecule has 2 N–H and O–H groups in total. The Kier molecular flexibility index (Phi) is 7.05. The van der Waals surface area contributed by atoms with Crippen LogP contribution in [0.2, 0.25) is 0 Å². The maximum absolute atomic E-state index is 12.7. The van der Waals surface area contributed by atoms with Gasteiger partial charge in [-0.15, -0.1) is 0 Å². The lowest BCUT2D eigenvalue weighted by Crippen LogP contribution is -2.15. The summed E-state index contributed by atoms with van der Waals surface area (Å²) in [5.74, 6) is 0.896. The Balaban J connectivity index is 1.66. The molecule has 0 aliphatic rings. The Morgan fingerprint density at radius 3 is 2.09 bits per heavy atom. The number of nitrogens with one attached hydrogen (secondary N) is 2. The van der Waals surface area contributed by atoms with E-state index in [2.05, 4.69) is 10.0 Å². The minimum atomic E-state index is -3.74. The number of methoxy groups -OCH3 is 2. The molecule has 0 aliphatic heterocycles. The predicted octanol–water partition coefficient (Wildman–Crippen LogP) is 4.30. The van der Waals surface area contributed by atoms with Crippen LogP contribution in [0.25, 0.3) is 0 Å². The number of anilines is 2. The standard InChI is InChI=1S/C24H26N2O5S/c1-16-5-7-20(13-17(16)2)26-32(28,29)21-10-8-19(9-11-21)25-24(27)15-18-6-12-22(30-3)23(14-18)31-4/h5-14,26H,15H2,1-4H3,(H,25,27). The van der Waals surface area contributed by atoms with Crippen LogP contribution in [-0.2, 0) is 21.2 Å². The van der Waals surface area contributed by atoms with Crippen LogP contribution in [0.5, 0.6) is 11.5 Å². The Labute approximate surface area is 188 Å². The monoisotopic (exact) mass is 454 g/mol. The van der Waals surface area contributed by atoms with E-state index in [-0.39, 0.29) is 17.2 Å². The number of rotatable bonds is 8. The molecule has 0 aromatic heterocycles. The molecule has 8 heteroatoms. The highest BCUT2D eigenvalue weighted by atomic mass is 32.2. The van der Waals surface area contributed by atoms with Crippen LogP contribution < -0.4 is 19.5 Å². The topological polar surface area (TPSA) is 93.7 Å². The molecule has 0 aliphatic carbocycles. The maximum Gasteiger partial charge on any atom is 0.261 e. The highest BCUT2D eigenvalue weighted by molar-refractivity contribution is 7.92. The van der Waals surface area contributed by atoms with Gasteiger partial charge in [-0.3, -0.25) is 9.52 Å². The number of carbonyl (C=O) groups is 1. The van der Waals surface area contributed by atoms with Gasteiger partial charge in [0.1, 0.15) is 0 Å². The summed E-state index contributed by atoms with van der Waals surface area (Å²) >= 11 is 0. The third-order valence-corrected chi connectivity index (χ3v) is 6.42. The van der Waals surface area contributed by atoms with Crippen LogP contribution in [0.3, 0.4) is 0 Å². The average molecular weight is 455 g/mol. The highest BCUT2D eigenvalue weighted by Crippen LogP contribution is 2.28. The van der Waals surface area contributed by atoms with Crippen molar-refractivity contribution in [3.05, 3.63) is 77.4 Å². The van der Waals surface area contributed by atoms with E-state index < -0.39 is 10.0 Å². The number of hydrogen-bond acceptors (Lipinski definition) is 5. The lowest BCUT2D eigenvalue weighted by Gasteiger charge is -2.11. The van der Waals surface area contributed by atoms with E-state index in [9.17, 15) is 13.2 Å². The minimum absolute atomic E-state index is 0.105. The second-order valence-electron chi connectivity index (χ2n) is 7.34. The molecule has 7 nitrogen and oxygen atoms in total. The fourth-order valence-corrected chi connectivity index (χ4v) is 4.17. The number of ether oxygens (including phenoxy) is 2. The highest BCUT2D eigenvalue weighted by Gasteiger charge is 2.15. The Hall–Kier alpha value is -3.52. The van der Waals surface area contributed by atoms with E-state index in [0.717, 1.165) is 16.7 Å². The van der Waals surface area contributed by atoms with Gasteiger partial charge in [0.15, 0.2) is 11.5 Å². The van der Waals surface area contributed by atoms with Gasteiger partial charge in [0.05, 0.1) is 25.5 Å². The summed E-state index contributed by atoms with van der Waals surface area (Å²) in [5, 5.41) is 2.77. The van der Waals surface area contributed by atoms with Crippen molar-refractivity contribution in [3.8, 4) is 11.5 Å². The van der Waals surface area contributed by atoms with Gasteiger partial charge in [-0.1, -0.05) is 12.1 Å². The molecule has 0 fully saturated rings. The van der Waals surface area contributed by atoms with Crippen molar-refractivity contribution in [1.29, 1.82) is 0 Å². The summed E-state index contributed by atoms with van der Waals surface area (Å²) in [4.78, 5) is 12.5. The molecular formula is C24H26N2O5S. The fourth-order valence-electron chi connectivity index (χ4n) is 3.12. The zero-order chi connectivity index (χ0) is 23.3. The van der Waals surface area contributed by atoms with Crippen molar-refractivity contribution in [2.24, 2.45) is 0 Å². The second kappa shape index (κ2) is 9.74. The lowest BCUT2D eigenvalue weighted by molar-refractivity contribution is -0.115. The van der Waals surface area contributed by atoms with Crippen molar-refractivity contribution in [2.45, 2.75) is 25.2 Å². The van der Waals surface area contributed by atoms with Crippen molar-refractivity contribution < 1.29 is 22.7 Å². The summed E-state index contributed by atoms with van der Waals surface area (Å²) < 4.78 is 38.4. The molecule has 0 unspecified atom stereocenters. The van der Waals surface area contributed by atoms with Gasteiger partial charge in [0.2, 0.25) is 5.91 Å². The molecule has 0 saturated carbocycles. The van der Waals surface area contributed by atoms with Gasteiger partial charge in [-0.25, -0.2) is 8.42 Å². The van der Waals surface area contributed by atoms with E-state index >= 15 is 0 Å². The third-order valence-electron chi connectivity index (χ3n) is 5.02. The molecular weight excluding hydrogens is 428 g/mol. The molecule has 3 rings (SSSR count). The molecule has 3 aromatic carbocycles. The number of sulfonamides is 1. The van der Waals surface area contributed by atoms with Crippen molar-refractivity contribution >= 4 is 27.3 Å². The zero-order valence-electron chi connectivity index (χ0n) is 18.4. The zero-order valence-corrected chi connectivity index (χ0v) is 19.2. The SMILES string of the molecule is COc1ccc(CC(=O)Nc2ccc(S(=O)(=O)Nc3ccc(C)c(C)c3)cc2)cc1OC. The molecule has 0 radical (unpaired) electrons. The largest absolute Gasteiger partial charge is 0.493 e. The predicted molar refractivity (Wildman–Crippen MR) is 125 cm³/mol. The van der Waals surface area contributed by atoms with Gasteiger partial charge in [0.25, 0.3) is 10.0 Å². The van der Waals surface area contributed by atoms with Gasteiger partial charge in [-0.2, -0.15) is 0 Å². The molecule has 168 valence electrons. The van der Waals surface area contributed by atoms with Crippen molar-refractivity contribution in [1.82, 2.24) is 0 Å². The van der Waals surface area contributed by atoms with Crippen LogP contribution >= 0.6 is 0 Å². The van der Waals surface area contributed by atoms with Crippen LogP contribution in [0.15, 0.2) is 65.6 Å². The Morgan fingerprint density at radius 2 is 1.47 bits per heavy atom. The van der Waals surface area contributed by atoms with Crippen molar-refractivity contribution in [3.63, 3.8) is 0 Å². The Morgan fingerprint density at radius 1 is 0.812 bits per heavy atom. The molecule has 0 spiro atoms. The first-order chi connectivity index (χ1) is 15.2. The summed E-state index contributed by atoms with van der Waals surface area (Å²) in [5.41, 5.74) is 3.84. The van der Waals surface area contributed by atoms with Crippen LogP contribution in [-0.4, -0.2) is 28.5 Å². The van der Waals surface area contributed by atoms with E-state index in [1.54, 1.807) is 49.6 Å². The quantitative estimate of drug-likeness (QED) is 0.529. The molecule has 1 amide bonds. The minimum Gasteiger partial charge on any atom is -0.493 e. The number of benzene rings is 3. The Bertz CT molecular complexity index is 1220. The first-order valence-corrected chi connectivity index (χ1v) is 11.4. The average Bonchev–Trinajstić information content (AvgIpc) is 2.76. The maximum atomic E-state index is 12.7. The number of aryl methyl sites for hydroxylation is 2. The van der Waals surface area contributed by atoms with Crippen LogP contribution in [0.4, 0.5) is 11.4 Å². The normalized spacial score (nSPS) is 11.0. The van der Waals surface area contributed by atoms with Crippen LogP contribution in [0.1, 0.15) is 16.7 Å². The second-order valence-corrected chi connectivity index (χ2v) is 9.03. The first kappa shape index (κ1) is 23.1. The lowest BCUT2D eigenvalue weighted by atomic mass is 10.1. The van der Waals surface area contributed by atoms with E-state index in [4.69, 9.17) is 9.47 Å². The van der Waals surface area contributed by atoms with E-state index in [1.807, 2.05) is 19.9 Å². The van der Waals surface area contributed by atoms with Gasteiger partial charge in [-0.05, 0) is 79.1 Å². The van der Waals surface area contributed by atoms with E-state index in [1.165, 1.54) is 19.2 Å². The molecule has 3 aromatic rings. The third kappa shape index (κ3) is 5.59. The first-order valence-electron chi connectivity index (χ1n) is 9.92. The van der Waals surface area contributed by atoms with Gasteiger partial charge in [0, 0.05) is 11.4 Å². The summed E-state index contributed by atoms with van der Waals surface area (Å²) in [6.45, 7) is 3.89.